The molecular weight excluding hydrogens is 280 g/mol. The van der Waals surface area contributed by atoms with Crippen LogP contribution < -0.4 is 10.5 Å². The van der Waals surface area contributed by atoms with Crippen LogP contribution in [0.25, 0.3) is 0 Å². The number of hydrogen-bond donors (Lipinski definition) is 2. The molecule has 0 saturated heterocycles. The molecule has 1 aromatic heterocycles. The molecule has 8 nitrogen and oxygen atoms in total. The normalized spacial score (nSPS) is 11.2. The van der Waals surface area contributed by atoms with Crippen LogP contribution >= 0.6 is 0 Å². The van der Waals surface area contributed by atoms with Crippen LogP contribution in [0, 0.1) is 11.3 Å². The van der Waals surface area contributed by atoms with Crippen molar-refractivity contribution in [3.8, 4) is 6.07 Å². The molecule has 0 bridgehead atoms. The molecule has 0 aliphatic carbocycles. The predicted molar refractivity (Wildman–Crippen MR) is 70.6 cm³/mol. The number of nitrogens with one attached hydrogen (secondary N) is 1. The topological polar surface area (TPSA) is 127 Å². The van der Waals surface area contributed by atoms with E-state index in [1.54, 1.807) is 7.05 Å². The molecule has 0 atom stereocenters. The minimum absolute atomic E-state index is 0.00789. The number of nitrogens with zero attached hydrogens (tertiary/aromatic N) is 4. The Morgan fingerprint density at radius 2 is 2.25 bits per heavy atom. The Morgan fingerprint density at radius 3 is 2.85 bits per heavy atom. The quantitative estimate of drug-likeness (QED) is 0.748. The molecule has 0 aliphatic heterocycles. The van der Waals surface area contributed by atoms with Gasteiger partial charge in [0, 0.05) is 12.7 Å². The highest BCUT2D eigenvalue weighted by Gasteiger charge is 2.19. The highest BCUT2D eigenvalue weighted by molar-refractivity contribution is 7.89. The molecule has 0 spiro atoms. The van der Waals surface area contributed by atoms with Gasteiger partial charge >= 0.3 is 0 Å². The number of benzene rings is 1. The fourth-order valence-corrected chi connectivity index (χ4v) is 2.69. The van der Waals surface area contributed by atoms with Crippen molar-refractivity contribution >= 4 is 15.7 Å². The van der Waals surface area contributed by atoms with Crippen LogP contribution in [0.5, 0.6) is 0 Å². The molecule has 1 heterocycles. The number of hydrogen-bond acceptors (Lipinski definition) is 6. The number of nitriles is 1. The largest absolute Gasteiger partial charge is 0.399 e. The highest BCUT2D eigenvalue weighted by Crippen LogP contribution is 2.18. The van der Waals surface area contributed by atoms with E-state index in [1.807, 2.05) is 6.07 Å². The van der Waals surface area contributed by atoms with E-state index in [2.05, 4.69) is 14.8 Å². The van der Waals surface area contributed by atoms with Crippen LogP contribution in [0.4, 0.5) is 5.69 Å². The maximum atomic E-state index is 12.1. The Balaban J connectivity index is 2.25. The van der Waals surface area contributed by atoms with Crippen LogP contribution in [0.1, 0.15) is 11.4 Å². The summed E-state index contributed by atoms with van der Waals surface area (Å²) in [6, 6.07) is 5.84. The zero-order valence-electron chi connectivity index (χ0n) is 10.6. The molecule has 104 valence electrons. The lowest BCUT2D eigenvalue weighted by molar-refractivity contribution is 0.578. The molecule has 3 N–H and O–H groups in total. The first kappa shape index (κ1) is 14.0. The lowest BCUT2D eigenvalue weighted by Crippen LogP contribution is -2.24. The molecule has 0 amide bonds. The van der Waals surface area contributed by atoms with Crippen molar-refractivity contribution < 1.29 is 8.42 Å². The SMILES string of the molecule is Cn1cnc(CNS(=O)(=O)c2ccc(N)cc2C#N)n1. The highest BCUT2D eigenvalue weighted by atomic mass is 32.2. The predicted octanol–water partition coefficient (Wildman–Crippen LogP) is -0.253. The molecular formula is C11H12N6O2S. The smallest absolute Gasteiger partial charge is 0.242 e. The van der Waals surface area contributed by atoms with Crippen LogP contribution in [0.15, 0.2) is 29.4 Å². The van der Waals surface area contributed by atoms with E-state index in [9.17, 15) is 8.42 Å². The third-order valence-corrected chi connectivity index (χ3v) is 3.94. The summed E-state index contributed by atoms with van der Waals surface area (Å²) in [7, 11) is -2.15. The van der Waals surface area contributed by atoms with Crippen molar-refractivity contribution in [1.82, 2.24) is 19.5 Å². The number of rotatable bonds is 4. The lowest BCUT2D eigenvalue weighted by Gasteiger charge is -2.07. The first-order valence-corrected chi connectivity index (χ1v) is 7.04. The number of anilines is 1. The Hall–Kier alpha value is -2.44. The van der Waals surface area contributed by atoms with Crippen molar-refractivity contribution in [3.63, 3.8) is 0 Å². The fourth-order valence-electron chi connectivity index (χ4n) is 1.57. The van der Waals surface area contributed by atoms with Gasteiger partial charge in [0.2, 0.25) is 10.0 Å². The fraction of sp³-hybridized carbons (Fsp3) is 0.182. The summed E-state index contributed by atoms with van der Waals surface area (Å²) in [6.07, 6.45) is 1.47. The van der Waals surface area contributed by atoms with Gasteiger partial charge in [0.15, 0.2) is 5.82 Å². The molecule has 1 aromatic carbocycles. The van der Waals surface area contributed by atoms with Gasteiger partial charge in [-0.2, -0.15) is 10.4 Å². The minimum Gasteiger partial charge on any atom is -0.399 e. The Labute approximate surface area is 115 Å². The van der Waals surface area contributed by atoms with Gasteiger partial charge in [0.1, 0.15) is 12.4 Å². The average Bonchev–Trinajstić information content (AvgIpc) is 2.82. The van der Waals surface area contributed by atoms with Crippen LogP contribution in [0.2, 0.25) is 0 Å². The molecule has 0 saturated carbocycles. The van der Waals surface area contributed by atoms with Gasteiger partial charge in [-0.05, 0) is 18.2 Å². The second-order valence-electron chi connectivity index (χ2n) is 4.03. The van der Waals surface area contributed by atoms with Crippen LogP contribution in [-0.2, 0) is 23.6 Å². The lowest BCUT2D eigenvalue weighted by atomic mass is 10.2. The van der Waals surface area contributed by atoms with Gasteiger partial charge in [-0.15, -0.1) is 0 Å². The summed E-state index contributed by atoms with van der Waals surface area (Å²) in [5.74, 6) is 0.338. The number of aryl methyl sites for hydroxylation is 1. The summed E-state index contributed by atoms with van der Waals surface area (Å²) >= 11 is 0. The minimum atomic E-state index is -3.83. The van der Waals surface area contributed by atoms with Crippen molar-refractivity contribution in [1.29, 1.82) is 5.26 Å². The number of sulfonamides is 1. The van der Waals surface area contributed by atoms with Gasteiger partial charge in [-0.25, -0.2) is 18.1 Å². The van der Waals surface area contributed by atoms with E-state index < -0.39 is 10.0 Å². The summed E-state index contributed by atoms with van der Waals surface area (Å²) in [4.78, 5) is 3.79. The summed E-state index contributed by atoms with van der Waals surface area (Å²) in [6.45, 7) is -0.0571. The molecule has 9 heteroatoms. The van der Waals surface area contributed by atoms with Gasteiger partial charge < -0.3 is 5.73 Å². The van der Waals surface area contributed by atoms with E-state index in [4.69, 9.17) is 11.0 Å². The first-order valence-electron chi connectivity index (χ1n) is 5.56. The number of aromatic nitrogens is 3. The number of nitrogen functional groups attached to an aromatic ring is 1. The standard InChI is InChI=1S/C11H12N6O2S/c1-17-7-14-11(16-17)6-15-20(18,19)10-3-2-9(13)4-8(10)5-12/h2-4,7,15H,6,13H2,1H3. The summed E-state index contributed by atoms with van der Waals surface area (Å²) in [5.41, 5.74) is 5.84. The van der Waals surface area contributed by atoms with Gasteiger partial charge in [0.25, 0.3) is 0 Å². The molecule has 0 unspecified atom stereocenters. The zero-order chi connectivity index (χ0) is 14.8. The first-order chi connectivity index (χ1) is 9.42. The van der Waals surface area contributed by atoms with E-state index in [0.717, 1.165) is 0 Å². The van der Waals surface area contributed by atoms with E-state index >= 15 is 0 Å². The van der Waals surface area contributed by atoms with Gasteiger partial charge in [-0.3, -0.25) is 4.68 Å². The maximum absolute atomic E-state index is 12.1. The Kier molecular flexibility index (Phi) is 3.69. The molecule has 0 fully saturated rings. The second kappa shape index (κ2) is 5.28. The van der Waals surface area contributed by atoms with Crippen molar-refractivity contribution in [2.75, 3.05) is 5.73 Å². The van der Waals surface area contributed by atoms with E-state index in [1.165, 1.54) is 29.2 Å². The van der Waals surface area contributed by atoms with Crippen molar-refractivity contribution in [3.05, 3.63) is 35.9 Å². The summed E-state index contributed by atoms with van der Waals surface area (Å²) in [5, 5.41) is 12.9. The van der Waals surface area contributed by atoms with E-state index in [0.29, 0.717) is 11.5 Å². The molecule has 0 aliphatic rings. The third-order valence-electron chi connectivity index (χ3n) is 2.48. The molecule has 20 heavy (non-hydrogen) atoms. The third kappa shape index (κ3) is 2.93. The van der Waals surface area contributed by atoms with Crippen molar-refractivity contribution in [2.24, 2.45) is 7.05 Å². The molecule has 2 rings (SSSR count). The number of nitrogens with two attached hydrogens (primary N) is 1. The van der Waals surface area contributed by atoms with Crippen molar-refractivity contribution in [2.45, 2.75) is 11.4 Å². The monoisotopic (exact) mass is 292 g/mol. The molecule has 0 radical (unpaired) electrons. The Morgan fingerprint density at radius 1 is 1.50 bits per heavy atom. The average molecular weight is 292 g/mol. The molecule has 2 aromatic rings. The van der Waals surface area contributed by atoms with Crippen LogP contribution in [-0.4, -0.2) is 23.2 Å². The summed E-state index contributed by atoms with van der Waals surface area (Å²) < 4.78 is 28.1. The van der Waals surface area contributed by atoms with Crippen LogP contribution in [0.3, 0.4) is 0 Å². The van der Waals surface area contributed by atoms with E-state index in [-0.39, 0.29) is 17.0 Å². The van der Waals surface area contributed by atoms with Gasteiger partial charge in [-0.1, -0.05) is 0 Å². The van der Waals surface area contributed by atoms with Gasteiger partial charge in [0.05, 0.1) is 17.0 Å². The zero-order valence-corrected chi connectivity index (χ0v) is 11.4. The Bertz CT molecular complexity index is 774. The second-order valence-corrected chi connectivity index (χ2v) is 5.76. The maximum Gasteiger partial charge on any atom is 0.242 e.